The van der Waals surface area contributed by atoms with Crippen LogP contribution in [0.1, 0.15) is 35.5 Å². The zero-order chi connectivity index (χ0) is 19.6. The van der Waals surface area contributed by atoms with E-state index in [1.807, 2.05) is 0 Å². The Bertz CT molecular complexity index is 846. The minimum absolute atomic E-state index is 0.163. The number of aryl methyl sites for hydroxylation is 1. The molecule has 0 radical (unpaired) electrons. The Hall–Kier alpha value is -2.91. The van der Waals surface area contributed by atoms with Crippen molar-refractivity contribution in [2.24, 2.45) is 0 Å². The van der Waals surface area contributed by atoms with Gasteiger partial charge in [0.25, 0.3) is 0 Å². The molecule has 10 heteroatoms. The van der Waals surface area contributed by atoms with Gasteiger partial charge in [0, 0.05) is 0 Å². The molecule has 0 bridgehead atoms. The molecule has 1 N–H and O–H groups in total. The first-order valence-corrected chi connectivity index (χ1v) is 7.65. The fourth-order valence-corrected chi connectivity index (χ4v) is 2.60. The molecule has 2 aromatic rings. The lowest BCUT2D eigenvalue weighted by molar-refractivity contribution is -0.386. The van der Waals surface area contributed by atoms with Crippen molar-refractivity contribution in [3.63, 3.8) is 0 Å². The highest BCUT2D eigenvalue weighted by Crippen LogP contribution is 2.30. The molecule has 140 valence electrons. The molecule has 1 heterocycles. The van der Waals surface area contributed by atoms with Crippen LogP contribution >= 0.6 is 0 Å². The SMILES string of the molecule is Cc1nn(CC(=O)NC(C)c2cccc(C(F)(F)F)c2)c(C)c1[N+](=O)[O-]. The zero-order valence-corrected chi connectivity index (χ0v) is 14.3. The lowest BCUT2D eigenvalue weighted by Gasteiger charge is -2.16. The summed E-state index contributed by atoms with van der Waals surface area (Å²) in [5.41, 5.74) is -0.248. The second-order valence-corrected chi connectivity index (χ2v) is 5.85. The summed E-state index contributed by atoms with van der Waals surface area (Å²) >= 11 is 0. The van der Waals surface area contributed by atoms with Crippen molar-refractivity contribution in [3.8, 4) is 0 Å². The topological polar surface area (TPSA) is 90.1 Å². The first-order valence-electron chi connectivity index (χ1n) is 7.65. The van der Waals surface area contributed by atoms with Crippen molar-refractivity contribution in [1.82, 2.24) is 15.1 Å². The van der Waals surface area contributed by atoms with Crippen molar-refractivity contribution >= 4 is 11.6 Å². The van der Waals surface area contributed by atoms with E-state index >= 15 is 0 Å². The highest BCUT2D eigenvalue weighted by Gasteiger charge is 2.31. The number of hydrogen-bond acceptors (Lipinski definition) is 4. The third-order valence-corrected chi connectivity index (χ3v) is 3.91. The van der Waals surface area contributed by atoms with Gasteiger partial charge in [0.15, 0.2) is 0 Å². The third-order valence-electron chi connectivity index (χ3n) is 3.91. The van der Waals surface area contributed by atoms with E-state index in [1.54, 1.807) is 6.92 Å². The quantitative estimate of drug-likeness (QED) is 0.646. The lowest BCUT2D eigenvalue weighted by atomic mass is 10.0. The predicted molar refractivity (Wildman–Crippen MR) is 86.4 cm³/mol. The van der Waals surface area contributed by atoms with Gasteiger partial charge in [-0.15, -0.1) is 0 Å². The van der Waals surface area contributed by atoms with Crippen LogP contribution in [0.25, 0.3) is 0 Å². The first kappa shape index (κ1) is 19.4. The van der Waals surface area contributed by atoms with Gasteiger partial charge < -0.3 is 5.32 Å². The molecule has 1 atom stereocenters. The Morgan fingerprint density at radius 2 is 2.04 bits per heavy atom. The lowest BCUT2D eigenvalue weighted by Crippen LogP contribution is -2.31. The maximum Gasteiger partial charge on any atom is 0.416 e. The predicted octanol–water partition coefficient (Wildman–Crippen LogP) is 3.30. The van der Waals surface area contributed by atoms with Gasteiger partial charge >= 0.3 is 11.9 Å². The molecule has 1 amide bonds. The number of aromatic nitrogens is 2. The van der Waals surface area contributed by atoms with Gasteiger partial charge in [0.2, 0.25) is 5.91 Å². The molecule has 0 aliphatic heterocycles. The van der Waals surface area contributed by atoms with Crippen LogP contribution in [0.15, 0.2) is 24.3 Å². The summed E-state index contributed by atoms with van der Waals surface area (Å²) in [6.07, 6.45) is -4.47. The second kappa shape index (κ2) is 7.14. The number of alkyl halides is 3. The maximum absolute atomic E-state index is 12.8. The number of benzene rings is 1. The fourth-order valence-electron chi connectivity index (χ4n) is 2.60. The molecule has 0 fully saturated rings. The number of nitro groups is 1. The van der Waals surface area contributed by atoms with Crippen molar-refractivity contribution in [2.75, 3.05) is 0 Å². The van der Waals surface area contributed by atoms with E-state index in [0.29, 0.717) is 5.56 Å². The van der Waals surface area contributed by atoms with E-state index in [-0.39, 0.29) is 23.6 Å². The van der Waals surface area contributed by atoms with Gasteiger partial charge in [-0.25, -0.2) is 0 Å². The Labute approximate surface area is 147 Å². The Morgan fingerprint density at radius 1 is 1.38 bits per heavy atom. The summed E-state index contributed by atoms with van der Waals surface area (Å²) in [7, 11) is 0. The van der Waals surface area contributed by atoms with Crippen LogP contribution in [0, 0.1) is 24.0 Å². The van der Waals surface area contributed by atoms with Crippen LogP contribution < -0.4 is 5.32 Å². The molecule has 0 saturated heterocycles. The van der Waals surface area contributed by atoms with Crippen molar-refractivity contribution in [3.05, 3.63) is 56.9 Å². The summed E-state index contributed by atoms with van der Waals surface area (Å²) in [5, 5.41) is 17.5. The molecule has 0 spiro atoms. The summed E-state index contributed by atoms with van der Waals surface area (Å²) < 4.78 is 39.5. The first-order chi connectivity index (χ1) is 12.0. The van der Waals surface area contributed by atoms with Crippen LogP contribution in [0.4, 0.5) is 18.9 Å². The number of hydrogen-bond donors (Lipinski definition) is 1. The van der Waals surface area contributed by atoms with Crippen molar-refractivity contribution in [2.45, 2.75) is 39.5 Å². The highest BCUT2D eigenvalue weighted by atomic mass is 19.4. The smallest absolute Gasteiger partial charge is 0.348 e. The standard InChI is InChI=1S/C16H17F3N4O3/c1-9(12-5-4-6-13(7-12)16(17,18)19)20-14(24)8-22-11(3)15(23(25)26)10(2)21-22/h4-7,9H,8H2,1-3H3,(H,20,24). The van der Waals surface area contributed by atoms with Crippen LogP contribution in [-0.4, -0.2) is 20.6 Å². The number of amides is 1. The Morgan fingerprint density at radius 3 is 2.58 bits per heavy atom. The van der Waals surface area contributed by atoms with Gasteiger partial charge in [-0.05, 0) is 38.5 Å². The van der Waals surface area contributed by atoms with Gasteiger partial charge in [0.05, 0.1) is 16.5 Å². The van der Waals surface area contributed by atoms with Crippen molar-refractivity contribution in [1.29, 1.82) is 0 Å². The molecule has 0 aliphatic carbocycles. The van der Waals surface area contributed by atoms with Gasteiger partial charge in [0.1, 0.15) is 17.9 Å². The normalized spacial score (nSPS) is 12.7. The Balaban J connectivity index is 2.11. The van der Waals surface area contributed by atoms with E-state index in [0.717, 1.165) is 12.1 Å². The van der Waals surface area contributed by atoms with E-state index in [9.17, 15) is 28.1 Å². The summed E-state index contributed by atoms with van der Waals surface area (Å²) in [5.74, 6) is -0.518. The maximum atomic E-state index is 12.8. The molecule has 1 unspecified atom stereocenters. The molecule has 1 aromatic carbocycles. The molecule has 1 aromatic heterocycles. The molecule has 2 rings (SSSR count). The largest absolute Gasteiger partial charge is 0.416 e. The molecular weight excluding hydrogens is 353 g/mol. The van der Waals surface area contributed by atoms with Crippen LogP contribution in [-0.2, 0) is 17.5 Å². The molecule has 26 heavy (non-hydrogen) atoms. The third kappa shape index (κ3) is 4.19. The van der Waals surface area contributed by atoms with Crippen LogP contribution in [0.5, 0.6) is 0 Å². The molecule has 0 aliphatic rings. The van der Waals surface area contributed by atoms with Gasteiger partial charge in [-0.1, -0.05) is 12.1 Å². The van der Waals surface area contributed by atoms with E-state index in [2.05, 4.69) is 10.4 Å². The number of halogens is 3. The monoisotopic (exact) mass is 370 g/mol. The number of carbonyl (C=O) groups is 1. The molecule has 7 nitrogen and oxygen atoms in total. The summed E-state index contributed by atoms with van der Waals surface area (Å²) in [6.45, 7) is 4.22. The Kier molecular flexibility index (Phi) is 5.33. The summed E-state index contributed by atoms with van der Waals surface area (Å²) in [6, 6.07) is 4.00. The van der Waals surface area contributed by atoms with Crippen LogP contribution in [0.3, 0.4) is 0 Å². The molecule has 0 saturated carbocycles. The minimum atomic E-state index is -4.47. The fraction of sp³-hybridized carbons (Fsp3) is 0.375. The van der Waals surface area contributed by atoms with E-state index < -0.39 is 28.6 Å². The number of carbonyl (C=O) groups excluding carboxylic acids is 1. The zero-order valence-electron chi connectivity index (χ0n) is 14.3. The average Bonchev–Trinajstić information content (AvgIpc) is 2.80. The molecular formula is C16H17F3N4O3. The number of nitrogens with one attached hydrogen (secondary N) is 1. The van der Waals surface area contributed by atoms with Gasteiger partial charge in [-0.2, -0.15) is 18.3 Å². The van der Waals surface area contributed by atoms with E-state index in [4.69, 9.17) is 0 Å². The van der Waals surface area contributed by atoms with Gasteiger partial charge in [-0.3, -0.25) is 19.6 Å². The van der Waals surface area contributed by atoms with Crippen molar-refractivity contribution < 1.29 is 22.9 Å². The number of rotatable bonds is 5. The highest BCUT2D eigenvalue weighted by molar-refractivity contribution is 5.76. The second-order valence-electron chi connectivity index (χ2n) is 5.85. The minimum Gasteiger partial charge on any atom is -0.348 e. The average molecular weight is 370 g/mol. The van der Waals surface area contributed by atoms with Crippen LogP contribution in [0.2, 0.25) is 0 Å². The number of nitrogens with zero attached hydrogens (tertiary/aromatic N) is 3. The van der Waals surface area contributed by atoms with E-state index in [1.165, 1.54) is 30.7 Å². The summed E-state index contributed by atoms with van der Waals surface area (Å²) in [4.78, 5) is 22.6.